The third kappa shape index (κ3) is 4.23. The molecule has 0 radical (unpaired) electrons. The van der Waals surface area contributed by atoms with Crippen molar-refractivity contribution in [2.45, 2.75) is 18.8 Å². The number of nitrogens with zero attached hydrogens (tertiary/aromatic N) is 3. The number of rotatable bonds is 5. The van der Waals surface area contributed by atoms with Crippen molar-refractivity contribution in [3.63, 3.8) is 0 Å². The van der Waals surface area contributed by atoms with Crippen LogP contribution in [-0.4, -0.2) is 35.2 Å². The lowest BCUT2D eigenvalue weighted by Crippen LogP contribution is -2.27. The highest BCUT2D eigenvalue weighted by Crippen LogP contribution is 2.29. The number of pyridine rings is 1. The maximum absolute atomic E-state index is 5.21. The minimum absolute atomic E-state index is 0.448. The van der Waals surface area contributed by atoms with E-state index in [0.717, 1.165) is 48.6 Å². The van der Waals surface area contributed by atoms with Gasteiger partial charge in [0.2, 0.25) is 11.8 Å². The first-order chi connectivity index (χ1) is 13.3. The second-order valence-electron chi connectivity index (χ2n) is 6.60. The lowest BCUT2D eigenvalue weighted by molar-refractivity contribution is 0.398. The zero-order valence-electron chi connectivity index (χ0n) is 15.4. The topological polar surface area (TPSA) is 72.0 Å². The first kappa shape index (κ1) is 17.4. The van der Waals surface area contributed by atoms with E-state index in [2.05, 4.69) is 33.8 Å². The quantitative estimate of drug-likeness (QED) is 0.721. The van der Waals surface area contributed by atoms with Crippen LogP contribution in [0.15, 0.2) is 54.7 Å². The summed E-state index contributed by atoms with van der Waals surface area (Å²) in [4.78, 5) is 13.7. The molecule has 2 N–H and O–H groups in total. The molecule has 0 saturated carbocycles. The van der Waals surface area contributed by atoms with E-state index >= 15 is 0 Å². The molecular formula is C21H23N5O. The van der Waals surface area contributed by atoms with Crippen LogP contribution in [0.3, 0.4) is 0 Å². The molecule has 4 rings (SSSR count). The molecule has 6 heteroatoms. The molecular weight excluding hydrogens is 338 g/mol. The lowest BCUT2D eigenvalue weighted by Gasteiger charge is -2.23. The summed E-state index contributed by atoms with van der Waals surface area (Å²) in [6.45, 7) is 2.05. The molecule has 1 fully saturated rings. The van der Waals surface area contributed by atoms with Crippen LogP contribution >= 0.6 is 0 Å². The Morgan fingerprint density at radius 3 is 2.63 bits per heavy atom. The molecule has 138 valence electrons. The number of benzene rings is 1. The van der Waals surface area contributed by atoms with Gasteiger partial charge in [0.15, 0.2) is 0 Å². The van der Waals surface area contributed by atoms with Crippen molar-refractivity contribution < 1.29 is 4.74 Å². The predicted octanol–water partition coefficient (Wildman–Crippen LogP) is 3.76. The largest absolute Gasteiger partial charge is 0.481 e. The van der Waals surface area contributed by atoms with E-state index in [1.54, 1.807) is 13.3 Å². The van der Waals surface area contributed by atoms with E-state index in [0.29, 0.717) is 17.7 Å². The smallest absolute Gasteiger partial charge is 0.228 e. The highest BCUT2D eigenvalue weighted by Gasteiger charge is 2.19. The van der Waals surface area contributed by atoms with Gasteiger partial charge in [0.25, 0.3) is 0 Å². The fraction of sp³-hybridized carbons (Fsp3) is 0.286. The van der Waals surface area contributed by atoms with Crippen molar-refractivity contribution >= 4 is 11.6 Å². The number of nitrogens with one attached hydrogen (secondary N) is 2. The summed E-state index contributed by atoms with van der Waals surface area (Å²) in [6.07, 6.45) is 3.89. The summed E-state index contributed by atoms with van der Waals surface area (Å²) >= 11 is 0. The Labute approximate surface area is 159 Å². The molecule has 3 aromatic rings. The van der Waals surface area contributed by atoms with E-state index in [9.17, 15) is 0 Å². The summed E-state index contributed by atoms with van der Waals surface area (Å²) in [6, 6.07) is 16.1. The zero-order valence-corrected chi connectivity index (χ0v) is 15.4. The van der Waals surface area contributed by atoms with Gasteiger partial charge in [0.1, 0.15) is 0 Å². The summed E-state index contributed by atoms with van der Waals surface area (Å²) in [7, 11) is 1.61. The Bertz CT molecular complexity index is 894. The van der Waals surface area contributed by atoms with Crippen LogP contribution in [0.1, 0.15) is 24.5 Å². The molecule has 1 aromatic carbocycles. The van der Waals surface area contributed by atoms with Gasteiger partial charge >= 0.3 is 0 Å². The van der Waals surface area contributed by atoms with Gasteiger partial charge in [0.05, 0.1) is 12.8 Å². The zero-order chi connectivity index (χ0) is 18.5. The summed E-state index contributed by atoms with van der Waals surface area (Å²) in [5, 5.41) is 6.73. The first-order valence-electron chi connectivity index (χ1n) is 9.24. The Morgan fingerprint density at radius 2 is 1.85 bits per heavy atom. The minimum atomic E-state index is 0.448. The highest BCUT2D eigenvalue weighted by molar-refractivity contribution is 5.63. The summed E-state index contributed by atoms with van der Waals surface area (Å²) in [5.41, 5.74) is 3.96. The molecule has 0 aliphatic carbocycles. The summed E-state index contributed by atoms with van der Waals surface area (Å²) < 4.78 is 5.21. The summed E-state index contributed by atoms with van der Waals surface area (Å²) in [5.74, 6) is 1.60. The van der Waals surface area contributed by atoms with Crippen LogP contribution in [0.5, 0.6) is 5.88 Å². The van der Waals surface area contributed by atoms with Crippen molar-refractivity contribution in [2.75, 3.05) is 25.5 Å². The van der Waals surface area contributed by atoms with Crippen molar-refractivity contribution in [3.8, 4) is 17.1 Å². The monoisotopic (exact) mass is 361 g/mol. The molecule has 1 aliphatic heterocycles. The van der Waals surface area contributed by atoms with Gasteiger partial charge in [-0.25, -0.2) is 15.0 Å². The number of ether oxygens (including phenoxy) is 1. The lowest BCUT2D eigenvalue weighted by atomic mass is 9.93. The Hall–Kier alpha value is -2.99. The normalized spacial score (nSPS) is 14.7. The van der Waals surface area contributed by atoms with E-state index < -0.39 is 0 Å². The maximum Gasteiger partial charge on any atom is 0.228 e. The Morgan fingerprint density at radius 1 is 1.04 bits per heavy atom. The molecule has 6 nitrogen and oxygen atoms in total. The van der Waals surface area contributed by atoms with Crippen molar-refractivity contribution in [1.29, 1.82) is 0 Å². The molecule has 0 unspecified atom stereocenters. The van der Waals surface area contributed by atoms with E-state index in [-0.39, 0.29) is 0 Å². The molecule has 1 saturated heterocycles. The fourth-order valence-corrected chi connectivity index (χ4v) is 3.33. The van der Waals surface area contributed by atoms with Gasteiger partial charge < -0.3 is 15.4 Å². The molecule has 1 aliphatic rings. The Balaban J connectivity index is 1.70. The maximum atomic E-state index is 5.21. The highest BCUT2D eigenvalue weighted by atomic mass is 16.5. The number of piperidine rings is 1. The first-order valence-corrected chi connectivity index (χ1v) is 9.24. The minimum Gasteiger partial charge on any atom is -0.481 e. The number of hydrogen-bond acceptors (Lipinski definition) is 6. The van der Waals surface area contributed by atoms with Gasteiger partial charge in [-0.1, -0.05) is 30.3 Å². The average Bonchev–Trinajstić information content (AvgIpc) is 2.75. The van der Waals surface area contributed by atoms with Gasteiger partial charge in [-0.3, -0.25) is 0 Å². The number of aromatic nitrogens is 3. The van der Waals surface area contributed by atoms with Crippen LogP contribution in [-0.2, 0) is 0 Å². The predicted molar refractivity (Wildman–Crippen MR) is 106 cm³/mol. The van der Waals surface area contributed by atoms with E-state index in [4.69, 9.17) is 14.7 Å². The molecule has 3 heterocycles. The van der Waals surface area contributed by atoms with E-state index in [1.807, 2.05) is 30.3 Å². The number of methoxy groups -OCH3 is 1. The number of anilines is 2. The molecule has 0 atom stereocenters. The van der Waals surface area contributed by atoms with Crippen LogP contribution < -0.4 is 15.4 Å². The standard InChI is InChI=1S/C21H23N5O/c1-27-20-13-17(9-12-23-20)24-21-25-18(15-5-3-2-4-6-15)14-19(26-21)16-7-10-22-11-8-16/h2-6,9,12-14,16,22H,7-8,10-11H2,1H3,(H,23,24,25,26). The van der Waals surface area contributed by atoms with Crippen molar-refractivity contribution in [2.24, 2.45) is 0 Å². The van der Waals surface area contributed by atoms with Crippen LogP contribution in [0.25, 0.3) is 11.3 Å². The fourth-order valence-electron chi connectivity index (χ4n) is 3.33. The van der Waals surface area contributed by atoms with Crippen molar-refractivity contribution in [3.05, 3.63) is 60.4 Å². The molecule has 27 heavy (non-hydrogen) atoms. The molecule has 0 bridgehead atoms. The molecule has 2 aromatic heterocycles. The molecule has 0 spiro atoms. The Kier molecular flexibility index (Phi) is 5.25. The van der Waals surface area contributed by atoms with Crippen molar-refractivity contribution in [1.82, 2.24) is 20.3 Å². The van der Waals surface area contributed by atoms with Gasteiger partial charge in [-0.05, 0) is 38.1 Å². The number of hydrogen-bond donors (Lipinski definition) is 2. The van der Waals surface area contributed by atoms with E-state index in [1.165, 1.54) is 0 Å². The van der Waals surface area contributed by atoms with Crippen LogP contribution in [0, 0.1) is 0 Å². The second-order valence-corrected chi connectivity index (χ2v) is 6.60. The molecule has 0 amide bonds. The average molecular weight is 361 g/mol. The third-order valence-corrected chi connectivity index (χ3v) is 4.77. The van der Waals surface area contributed by atoms with Crippen LogP contribution in [0.2, 0.25) is 0 Å². The van der Waals surface area contributed by atoms with Crippen LogP contribution in [0.4, 0.5) is 11.6 Å². The van der Waals surface area contributed by atoms with Gasteiger partial charge in [-0.15, -0.1) is 0 Å². The SMILES string of the molecule is COc1cc(Nc2nc(-c3ccccc3)cc(C3CCNCC3)n2)ccn1. The third-order valence-electron chi connectivity index (χ3n) is 4.77. The second kappa shape index (κ2) is 8.14. The van der Waals surface area contributed by atoms with Gasteiger partial charge in [0, 0.05) is 35.1 Å². The van der Waals surface area contributed by atoms with Gasteiger partial charge in [-0.2, -0.15) is 0 Å².